The summed E-state index contributed by atoms with van der Waals surface area (Å²) >= 11 is 0. The van der Waals surface area contributed by atoms with Crippen LogP contribution in [0.2, 0.25) is 0 Å². The van der Waals surface area contributed by atoms with E-state index in [1.807, 2.05) is 0 Å². The van der Waals surface area contributed by atoms with E-state index in [0.717, 1.165) is 20.8 Å². The van der Waals surface area contributed by atoms with Gasteiger partial charge in [-0.1, -0.05) is 0 Å². The van der Waals surface area contributed by atoms with Crippen LogP contribution >= 0.6 is 0 Å². The molecule has 4 aliphatic heterocycles. The van der Waals surface area contributed by atoms with Crippen molar-refractivity contribution in [3.05, 3.63) is 0 Å². The molecule has 0 radical (unpaired) electrons. The third-order valence-corrected chi connectivity index (χ3v) is 6.62. The topological polar surface area (TPSA) is 170 Å². The maximum atomic E-state index is 12.0. The Morgan fingerprint density at radius 3 is 1.90 bits per heavy atom. The first-order valence-electron chi connectivity index (χ1n) is 13.3. The molecule has 0 N–H and O–H groups in total. The number of carbonyl (C=O) groups is 4. The molecule has 0 spiro atoms. The zero-order chi connectivity index (χ0) is 30.3. The summed E-state index contributed by atoms with van der Waals surface area (Å²) in [5.74, 6) is -4.64. The van der Waals surface area contributed by atoms with Crippen LogP contribution in [0, 0.1) is 0 Å². The summed E-state index contributed by atoms with van der Waals surface area (Å²) in [7, 11) is 0. The predicted octanol–water partition coefficient (Wildman–Crippen LogP) is 0.483. The first-order valence-corrected chi connectivity index (χ1v) is 13.3. The van der Waals surface area contributed by atoms with E-state index < -0.39 is 103 Å². The van der Waals surface area contributed by atoms with Crippen LogP contribution in [0.5, 0.6) is 0 Å². The van der Waals surface area contributed by atoms with E-state index in [9.17, 15) is 19.2 Å². The van der Waals surface area contributed by atoms with Crippen LogP contribution in [-0.4, -0.2) is 110 Å². The average molecular weight is 591 g/mol. The Hall–Kier alpha value is -2.40. The zero-order valence-electron chi connectivity index (χ0n) is 24.3. The van der Waals surface area contributed by atoms with Crippen LogP contribution in [0.1, 0.15) is 55.4 Å². The maximum absolute atomic E-state index is 12.0. The highest BCUT2D eigenvalue weighted by Crippen LogP contribution is 2.44. The van der Waals surface area contributed by atoms with Gasteiger partial charge in [-0.15, -0.1) is 0 Å². The molecule has 15 nitrogen and oxygen atoms in total. The largest absolute Gasteiger partial charge is 0.462 e. The minimum absolute atomic E-state index is 0.155. The van der Waals surface area contributed by atoms with E-state index in [2.05, 4.69) is 0 Å². The SMILES string of the molecule is CC(=O)OC[C@@H](OC(C)=O)[C@@H]1O[C@@H](OC[C@H]2O[C@@H]3OC(C)(C)O[C@@H]3[C@H]3OC(C)(C)O[C@H]32)[C@H](OC(C)=O)[C@H]1OC(C)=O. The fourth-order valence-corrected chi connectivity index (χ4v) is 5.35. The monoisotopic (exact) mass is 590 g/mol. The molecule has 4 fully saturated rings. The lowest BCUT2D eigenvalue weighted by Gasteiger charge is -2.37. The smallest absolute Gasteiger partial charge is 0.303 e. The van der Waals surface area contributed by atoms with Gasteiger partial charge in [-0.2, -0.15) is 0 Å². The Morgan fingerprint density at radius 2 is 1.29 bits per heavy atom. The molecule has 0 aromatic heterocycles. The number of esters is 4. The van der Waals surface area contributed by atoms with Crippen molar-refractivity contribution in [2.24, 2.45) is 0 Å². The molecule has 41 heavy (non-hydrogen) atoms. The van der Waals surface area contributed by atoms with Gasteiger partial charge in [0.2, 0.25) is 0 Å². The second-order valence-corrected chi connectivity index (χ2v) is 11.1. The van der Waals surface area contributed by atoms with Crippen molar-refractivity contribution in [3.63, 3.8) is 0 Å². The summed E-state index contributed by atoms with van der Waals surface area (Å²) < 4.78 is 63.6. The van der Waals surface area contributed by atoms with Crippen LogP contribution in [0.3, 0.4) is 0 Å². The number of ether oxygens (including phenoxy) is 11. The van der Waals surface area contributed by atoms with Gasteiger partial charge in [-0.25, -0.2) is 0 Å². The molecular weight excluding hydrogens is 552 g/mol. The lowest BCUT2D eigenvalue weighted by atomic mass is 9.99. The summed E-state index contributed by atoms with van der Waals surface area (Å²) in [6, 6.07) is 0. The molecule has 0 unspecified atom stereocenters. The Kier molecular flexibility index (Phi) is 9.28. The molecule has 0 saturated carbocycles. The van der Waals surface area contributed by atoms with Crippen molar-refractivity contribution in [1.29, 1.82) is 0 Å². The van der Waals surface area contributed by atoms with Crippen molar-refractivity contribution in [1.82, 2.24) is 0 Å². The first-order chi connectivity index (χ1) is 19.0. The first kappa shape index (κ1) is 31.5. The lowest BCUT2D eigenvalue weighted by Crippen LogP contribution is -2.56. The average Bonchev–Trinajstić information content (AvgIpc) is 3.43. The van der Waals surface area contributed by atoms with Gasteiger partial charge in [0.25, 0.3) is 0 Å². The van der Waals surface area contributed by atoms with Crippen LogP contribution in [0.25, 0.3) is 0 Å². The number of carbonyl (C=O) groups excluding carboxylic acids is 4. The van der Waals surface area contributed by atoms with Crippen LogP contribution in [0.4, 0.5) is 0 Å². The van der Waals surface area contributed by atoms with Gasteiger partial charge >= 0.3 is 23.9 Å². The van der Waals surface area contributed by atoms with Crippen molar-refractivity contribution in [2.75, 3.05) is 13.2 Å². The Bertz CT molecular complexity index is 1010. The molecule has 0 aliphatic carbocycles. The van der Waals surface area contributed by atoms with Crippen LogP contribution < -0.4 is 0 Å². The lowest BCUT2D eigenvalue weighted by molar-refractivity contribution is -0.262. The molecule has 10 atom stereocenters. The van der Waals surface area contributed by atoms with Crippen molar-refractivity contribution in [3.8, 4) is 0 Å². The summed E-state index contributed by atoms with van der Waals surface area (Å²) in [5.41, 5.74) is 0. The molecule has 0 amide bonds. The third kappa shape index (κ3) is 7.52. The minimum Gasteiger partial charge on any atom is -0.462 e. The fourth-order valence-electron chi connectivity index (χ4n) is 5.35. The molecule has 4 aliphatic rings. The van der Waals surface area contributed by atoms with Gasteiger partial charge in [0.05, 0.1) is 6.61 Å². The number of rotatable bonds is 9. The highest BCUT2D eigenvalue weighted by molar-refractivity contribution is 5.68. The van der Waals surface area contributed by atoms with Crippen LogP contribution in [0.15, 0.2) is 0 Å². The van der Waals surface area contributed by atoms with E-state index in [-0.39, 0.29) is 6.61 Å². The van der Waals surface area contributed by atoms with E-state index in [1.54, 1.807) is 27.7 Å². The molecule has 0 aromatic carbocycles. The Labute approximate surface area is 237 Å². The number of fused-ring (bicyclic) bond motifs is 3. The van der Waals surface area contributed by atoms with E-state index in [0.29, 0.717) is 0 Å². The Morgan fingerprint density at radius 1 is 0.707 bits per heavy atom. The number of hydrogen-bond donors (Lipinski definition) is 0. The molecule has 232 valence electrons. The molecule has 0 bridgehead atoms. The summed E-state index contributed by atoms with van der Waals surface area (Å²) in [6.07, 6.45) is -9.51. The predicted molar refractivity (Wildman–Crippen MR) is 130 cm³/mol. The summed E-state index contributed by atoms with van der Waals surface area (Å²) in [4.78, 5) is 47.4. The normalized spacial score (nSPS) is 37.4. The summed E-state index contributed by atoms with van der Waals surface area (Å²) in [6.45, 7) is 11.1. The zero-order valence-corrected chi connectivity index (χ0v) is 24.3. The van der Waals surface area contributed by atoms with Crippen molar-refractivity contribution < 1.29 is 71.3 Å². The molecule has 15 heteroatoms. The summed E-state index contributed by atoms with van der Waals surface area (Å²) in [5, 5.41) is 0. The Balaban J connectivity index is 1.56. The van der Waals surface area contributed by atoms with Gasteiger partial charge in [0.1, 0.15) is 37.1 Å². The highest BCUT2D eigenvalue weighted by Gasteiger charge is 2.61. The quantitative estimate of drug-likeness (QED) is 0.268. The van der Waals surface area contributed by atoms with Gasteiger partial charge in [-0.05, 0) is 27.7 Å². The standard InChI is InChI=1S/C26H38O15/c1-11(27)31-9-15(33-12(2)28)17-19(34-13(3)29)21(35-14(4)30)23(37-17)32-10-16-18-20(39-25(5,6)38-18)22-24(36-16)41-26(7,8)40-22/h15-24H,9-10H2,1-8H3/t15-,16-,17+,18+,19+,20+,21-,22-,23-,24-/m1/s1. The molecular formula is C26H38O15. The van der Waals surface area contributed by atoms with Crippen molar-refractivity contribution in [2.45, 2.75) is 128 Å². The third-order valence-electron chi connectivity index (χ3n) is 6.62. The van der Waals surface area contributed by atoms with E-state index >= 15 is 0 Å². The van der Waals surface area contributed by atoms with E-state index in [4.69, 9.17) is 52.1 Å². The molecule has 4 heterocycles. The van der Waals surface area contributed by atoms with Gasteiger partial charge in [0.15, 0.2) is 42.5 Å². The van der Waals surface area contributed by atoms with Gasteiger partial charge in [0, 0.05) is 27.7 Å². The number of hydrogen-bond acceptors (Lipinski definition) is 15. The minimum atomic E-state index is -1.31. The van der Waals surface area contributed by atoms with Gasteiger partial charge in [-0.3, -0.25) is 19.2 Å². The second kappa shape index (κ2) is 12.1. The molecule has 0 aromatic rings. The van der Waals surface area contributed by atoms with Gasteiger partial charge < -0.3 is 52.1 Å². The van der Waals surface area contributed by atoms with Crippen molar-refractivity contribution >= 4 is 23.9 Å². The fraction of sp³-hybridized carbons (Fsp3) is 0.846. The highest BCUT2D eigenvalue weighted by atomic mass is 16.9. The second-order valence-electron chi connectivity index (χ2n) is 11.1. The molecule has 4 rings (SSSR count). The van der Waals surface area contributed by atoms with Crippen LogP contribution in [-0.2, 0) is 71.3 Å². The molecule has 4 saturated heterocycles. The van der Waals surface area contributed by atoms with E-state index in [1.165, 1.54) is 6.92 Å². The maximum Gasteiger partial charge on any atom is 0.303 e.